The minimum Gasteiger partial charge on any atom is -0.455 e. The van der Waals surface area contributed by atoms with Crippen LogP contribution in [0.25, 0.3) is 66.3 Å². The molecule has 0 aliphatic carbocycles. The second-order valence-corrected chi connectivity index (χ2v) is 9.63. The molecule has 0 N–H and O–H groups in total. The van der Waals surface area contributed by atoms with Crippen LogP contribution in [0.15, 0.2) is 87.8 Å². The average molecular weight is 490 g/mol. The Kier molecular flexibility index (Phi) is 3.31. The fraction of sp³-hybridized carbons (Fsp3) is 0.147. The number of benzene rings is 4. The van der Waals surface area contributed by atoms with Crippen molar-refractivity contribution in [1.82, 2.24) is 0 Å². The Morgan fingerprint density at radius 3 is 2.38 bits per heavy atom. The van der Waals surface area contributed by atoms with Gasteiger partial charge in [-0.25, -0.2) is 4.57 Å². The van der Waals surface area contributed by atoms with E-state index in [9.17, 15) is 0 Å². The third-order valence-electron chi connectivity index (χ3n) is 7.26. The van der Waals surface area contributed by atoms with Gasteiger partial charge in [0.15, 0.2) is 6.20 Å². The summed E-state index contributed by atoms with van der Waals surface area (Å²) < 4.78 is 71.6. The number of aryl methyl sites for hydroxylation is 5. The average Bonchev–Trinajstić information content (AvgIpc) is 3.54. The second kappa shape index (κ2) is 7.81. The van der Waals surface area contributed by atoms with Crippen molar-refractivity contribution < 1.29 is 23.0 Å². The lowest BCUT2D eigenvalue weighted by molar-refractivity contribution is -0.660. The van der Waals surface area contributed by atoms with E-state index in [4.69, 9.17) is 18.4 Å². The molecule has 0 radical (unpaired) electrons. The number of nitrogens with zero attached hydrogens (tertiary/aromatic N) is 1. The number of hydrogen-bond acceptors (Lipinski definition) is 2. The molecular weight excluding hydrogens is 454 g/mol. The minimum absolute atomic E-state index is 0.136. The SMILES string of the molecule is [2H]Cc1cc(-c2c(C)ccc3c2oc2c(-c4cccc5c4oc4ccccc45)cc(C([2H])([2H])[2H])cc23)[n+](C)cc1C([2H])([2H])[2H]. The fourth-order valence-electron chi connectivity index (χ4n) is 5.46. The van der Waals surface area contributed by atoms with Crippen molar-refractivity contribution in [3.8, 4) is 22.4 Å². The van der Waals surface area contributed by atoms with Crippen LogP contribution >= 0.6 is 0 Å². The fourth-order valence-corrected chi connectivity index (χ4v) is 5.46. The maximum absolute atomic E-state index is 8.29. The Morgan fingerprint density at radius 1 is 0.676 bits per heavy atom. The van der Waals surface area contributed by atoms with Crippen molar-refractivity contribution in [2.45, 2.75) is 27.5 Å². The topological polar surface area (TPSA) is 30.2 Å². The molecule has 0 fully saturated rings. The van der Waals surface area contributed by atoms with E-state index in [0.717, 1.165) is 38.4 Å². The summed E-state index contributed by atoms with van der Waals surface area (Å²) >= 11 is 0. The molecule has 0 saturated carbocycles. The van der Waals surface area contributed by atoms with Gasteiger partial charge >= 0.3 is 0 Å². The highest BCUT2D eigenvalue weighted by Crippen LogP contribution is 2.44. The van der Waals surface area contributed by atoms with Crippen LogP contribution in [0.4, 0.5) is 0 Å². The van der Waals surface area contributed by atoms with Gasteiger partial charge in [-0.05, 0) is 62.4 Å². The first-order chi connectivity index (χ1) is 20.9. The Balaban J connectivity index is 1.58. The molecule has 4 aromatic carbocycles. The van der Waals surface area contributed by atoms with Gasteiger partial charge in [-0.15, -0.1) is 0 Å². The highest BCUT2D eigenvalue weighted by Gasteiger charge is 2.24. The number of hydrogen-bond donors (Lipinski definition) is 0. The van der Waals surface area contributed by atoms with Gasteiger partial charge in [-0.3, -0.25) is 0 Å². The van der Waals surface area contributed by atoms with E-state index in [1.807, 2.05) is 61.5 Å². The van der Waals surface area contributed by atoms with E-state index in [0.29, 0.717) is 39.0 Å². The normalized spacial score (nSPS) is 15.4. The third kappa shape index (κ3) is 3.17. The largest absolute Gasteiger partial charge is 0.455 e. The van der Waals surface area contributed by atoms with Crippen molar-refractivity contribution in [2.24, 2.45) is 7.05 Å². The molecule has 3 heteroatoms. The highest BCUT2D eigenvalue weighted by molar-refractivity contribution is 6.16. The molecule has 3 nitrogen and oxygen atoms in total. The van der Waals surface area contributed by atoms with Crippen LogP contribution in [0, 0.1) is 27.5 Å². The van der Waals surface area contributed by atoms with Crippen LogP contribution in [0.2, 0.25) is 0 Å². The predicted molar refractivity (Wildman–Crippen MR) is 152 cm³/mol. The molecule has 7 aromatic rings. The molecular formula is C34H28NO2+. The lowest BCUT2D eigenvalue weighted by atomic mass is 9.96. The number of aromatic nitrogens is 1. The van der Waals surface area contributed by atoms with Gasteiger partial charge < -0.3 is 8.83 Å². The van der Waals surface area contributed by atoms with Crippen molar-refractivity contribution >= 4 is 43.9 Å². The Labute approximate surface area is 225 Å². The van der Waals surface area contributed by atoms with E-state index in [2.05, 4.69) is 0 Å². The summed E-state index contributed by atoms with van der Waals surface area (Å²) in [5.41, 5.74) is 6.83. The molecule has 0 saturated heterocycles. The van der Waals surface area contributed by atoms with Crippen LogP contribution in [0.5, 0.6) is 0 Å². The van der Waals surface area contributed by atoms with Crippen molar-refractivity contribution in [3.05, 3.63) is 101 Å². The molecule has 3 aromatic heterocycles. The van der Waals surface area contributed by atoms with E-state index >= 15 is 0 Å². The summed E-state index contributed by atoms with van der Waals surface area (Å²) in [5.74, 6) is 0. The number of rotatable bonds is 2. The van der Waals surface area contributed by atoms with E-state index < -0.39 is 13.7 Å². The first-order valence-corrected chi connectivity index (χ1v) is 12.1. The lowest BCUT2D eigenvalue weighted by Gasteiger charge is -2.07. The number of pyridine rings is 1. The summed E-state index contributed by atoms with van der Waals surface area (Å²) in [7, 11) is 1.78. The molecule has 3 heterocycles. The standard InChI is InChI=1S/C34H28NO2/c1-19-15-27(25-11-8-10-24-23-9-6-7-12-30(23)36-32(24)25)33-28(16-19)26-14-13-20(2)31(34(26)37-33)29-17-21(3)22(4)18-35(29)5/h6-18H,1-5H3/q+1/i1D3,3D,4D3. The summed E-state index contributed by atoms with van der Waals surface area (Å²) in [6, 6.07) is 22.6. The zero-order valence-electron chi connectivity index (χ0n) is 27.5. The number of fused-ring (bicyclic) bond motifs is 6. The molecule has 0 spiro atoms. The molecule has 180 valence electrons. The van der Waals surface area contributed by atoms with Crippen LogP contribution in [-0.4, -0.2) is 0 Å². The van der Waals surface area contributed by atoms with E-state index in [-0.39, 0.29) is 18.0 Å². The van der Waals surface area contributed by atoms with Gasteiger partial charge in [-0.1, -0.05) is 48.5 Å². The molecule has 0 atom stereocenters. The summed E-state index contributed by atoms with van der Waals surface area (Å²) in [6.45, 7) is -2.97. The molecule has 7 rings (SSSR count). The van der Waals surface area contributed by atoms with Gasteiger partial charge in [0.05, 0.1) is 5.56 Å². The van der Waals surface area contributed by atoms with Gasteiger partial charge in [-0.2, -0.15) is 0 Å². The Morgan fingerprint density at radius 2 is 1.51 bits per heavy atom. The summed E-state index contributed by atoms with van der Waals surface area (Å²) in [6.07, 6.45) is 1.56. The zero-order valence-corrected chi connectivity index (χ0v) is 20.5. The van der Waals surface area contributed by atoms with Crippen molar-refractivity contribution in [3.63, 3.8) is 0 Å². The van der Waals surface area contributed by atoms with Gasteiger partial charge in [0.2, 0.25) is 5.69 Å². The monoisotopic (exact) mass is 489 g/mol. The van der Waals surface area contributed by atoms with Crippen LogP contribution in [-0.2, 0) is 7.05 Å². The van der Waals surface area contributed by atoms with Gasteiger partial charge in [0.1, 0.15) is 29.4 Å². The first kappa shape index (κ1) is 15.7. The maximum atomic E-state index is 8.29. The molecule has 0 aliphatic heterocycles. The molecule has 0 amide bonds. The first-order valence-electron chi connectivity index (χ1n) is 15.8. The highest BCUT2D eigenvalue weighted by atomic mass is 16.3. The Hall–Kier alpha value is -4.37. The van der Waals surface area contributed by atoms with E-state index in [1.54, 1.807) is 36.0 Å². The zero-order chi connectivity index (χ0) is 31.1. The third-order valence-corrected chi connectivity index (χ3v) is 7.26. The van der Waals surface area contributed by atoms with E-state index in [1.165, 1.54) is 0 Å². The van der Waals surface area contributed by atoms with Gasteiger partial charge in [0.25, 0.3) is 0 Å². The smallest absolute Gasteiger partial charge is 0.216 e. The van der Waals surface area contributed by atoms with Gasteiger partial charge in [0, 0.05) is 53.9 Å². The molecule has 0 bridgehead atoms. The van der Waals surface area contributed by atoms with Crippen LogP contribution in [0.3, 0.4) is 0 Å². The number of furan rings is 2. The molecule has 0 aliphatic rings. The van der Waals surface area contributed by atoms with Crippen LogP contribution in [0.1, 0.15) is 31.8 Å². The quantitative estimate of drug-likeness (QED) is 0.227. The second-order valence-electron chi connectivity index (χ2n) is 9.63. The molecule has 37 heavy (non-hydrogen) atoms. The minimum atomic E-state index is -2.37. The summed E-state index contributed by atoms with van der Waals surface area (Å²) in [4.78, 5) is 0. The lowest BCUT2D eigenvalue weighted by Crippen LogP contribution is -2.31. The van der Waals surface area contributed by atoms with Crippen molar-refractivity contribution in [2.75, 3.05) is 0 Å². The molecule has 0 unspecified atom stereocenters. The maximum Gasteiger partial charge on any atom is 0.216 e. The van der Waals surface area contributed by atoms with Crippen LogP contribution < -0.4 is 4.57 Å². The van der Waals surface area contributed by atoms with Crippen molar-refractivity contribution in [1.29, 1.82) is 0 Å². The summed E-state index contributed by atoms with van der Waals surface area (Å²) in [5, 5.41) is 3.27. The number of para-hydroxylation sites is 2. The Bertz CT molecular complexity index is 2270. The predicted octanol–water partition coefficient (Wildman–Crippen LogP) is 8.88.